The SMILES string of the molecule is O=C(O)CCCCCCCCCCC(=O)OCCCCCCCCCCCCOC(=O)CCCCCCCCCCC(=O)O. The zero-order valence-corrected chi connectivity index (χ0v) is 28.0. The molecule has 44 heavy (non-hydrogen) atoms. The molecule has 258 valence electrons. The lowest BCUT2D eigenvalue weighted by Crippen LogP contribution is -2.05. The number of carbonyl (C=O) groups excluding carboxylic acids is 2. The van der Waals surface area contributed by atoms with Crippen LogP contribution in [0.5, 0.6) is 0 Å². The molecule has 2 N–H and O–H groups in total. The van der Waals surface area contributed by atoms with Crippen LogP contribution in [0, 0.1) is 0 Å². The number of carbonyl (C=O) groups is 4. The Morgan fingerprint density at radius 2 is 0.500 bits per heavy atom. The van der Waals surface area contributed by atoms with E-state index in [4.69, 9.17) is 19.7 Å². The van der Waals surface area contributed by atoms with Crippen LogP contribution in [0.4, 0.5) is 0 Å². The van der Waals surface area contributed by atoms with Gasteiger partial charge in [-0.15, -0.1) is 0 Å². The molecule has 0 aromatic heterocycles. The third kappa shape index (κ3) is 36.1. The second-order valence-electron chi connectivity index (χ2n) is 12.4. The van der Waals surface area contributed by atoms with Gasteiger partial charge in [0.2, 0.25) is 0 Å². The summed E-state index contributed by atoms with van der Waals surface area (Å²) in [6.45, 7) is 1.08. The molecule has 0 saturated heterocycles. The number of unbranched alkanes of at least 4 members (excludes halogenated alkanes) is 23. The molecule has 0 fully saturated rings. The molecule has 0 atom stereocenters. The summed E-state index contributed by atoms with van der Waals surface area (Å²) in [4.78, 5) is 44.6. The summed E-state index contributed by atoms with van der Waals surface area (Å²) in [5, 5.41) is 17.2. The summed E-state index contributed by atoms with van der Waals surface area (Å²) in [5.74, 6) is -1.56. The van der Waals surface area contributed by atoms with Crippen molar-refractivity contribution in [1.29, 1.82) is 0 Å². The fourth-order valence-electron chi connectivity index (χ4n) is 5.35. The third-order valence-electron chi connectivity index (χ3n) is 8.11. The Morgan fingerprint density at radius 3 is 0.750 bits per heavy atom. The van der Waals surface area contributed by atoms with Gasteiger partial charge in [-0.1, -0.05) is 128 Å². The van der Waals surface area contributed by atoms with E-state index in [-0.39, 0.29) is 24.8 Å². The van der Waals surface area contributed by atoms with Crippen LogP contribution in [0.3, 0.4) is 0 Å². The Bertz CT molecular complexity index is 636. The van der Waals surface area contributed by atoms with Crippen LogP contribution in [0.15, 0.2) is 0 Å². The number of carboxylic acid groups (broad SMARTS) is 2. The number of hydrogen-bond acceptors (Lipinski definition) is 6. The van der Waals surface area contributed by atoms with Gasteiger partial charge >= 0.3 is 23.9 Å². The highest BCUT2D eigenvalue weighted by Crippen LogP contribution is 2.14. The molecule has 0 unspecified atom stereocenters. The smallest absolute Gasteiger partial charge is 0.305 e. The van der Waals surface area contributed by atoms with E-state index >= 15 is 0 Å². The van der Waals surface area contributed by atoms with E-state index in [1.54, 1.807) is 0 Å². The van der Waals surface area contributed by atoms with Gasteiger partial charge in [0, 0.05) is 25.7 Å². The molecular formula is C36H66O8. The molecule has 0 aliphatic heterocycles. The van der Waals surface area contributed by atoms with Crippen molar-refractivity contribution in [2.24, 2.45) is 0 Å². The molecular weight excluding hydrogens is 560 g/mol. The van der Waals surface area contributed by atoms with Crippen LogP contribution in [0.2, 0.25) is 0 Å². The highest BCUT2D eigenvalue weighted by molar-refractivity contribution is 5.69. The molecule has 0 aliphatic rings. The fraction of sp³-hybridized carbons (Fsp3) is 0.889. The first-order valence-electron chi connectivity index (χ1n) is 18.2. The molecule has 0 radical (unpaired) electrons. The van der Waals surface area contributed by atoms with Crippen LogP contribution in [-0.4, -0.2) is 47.3 Å². The summed E-state index contributed by atoms with van der Waals surface area (Å²) in [6, 6.07) is 0. The standard InChI is InChI=1S/C36H66O8/c37-33(38)27-21-15-9-3-5-11-17-23-29-35(41)43-31-25-19-13-7-1-2-8-14-20-26-32-44-36(42)30-24-18-12-6-4-10-16-22-28-34(39)40/h1-32H2,(H,37,38)(H,39,40). The maximum Gasteiger partial charge on any atom is 0.305 e. The van der Waals surface area contributed by atoms with Gasteiger partial charge in [0.05, 0.1) is 13.2 Å². The predicted octanol–water partition coefficient (Wildman–Crippen LogP) is 9.95. The number of carboxylic acids is 2. The van der Waals surface area contributed by atoms with Gasteiger partial charge in [-0.2, -0.15) is 0 Å². The number of ether oxygens (including phenoxy) is 2. The lowest BCUT2D eigenvalue weighted by Gasteiger charge is -2.06. The van der Waals surface area contributed by atoms with E-state index < -0.39 is 11.9 Å². The van der Waals surface area contributed by atoms with Crippen LogP contribution in [-0.2, 0) is 28.7 Å². The van der Waals surface area contributed by atoms with Crippen molar-refractivity contribution in [3.63, 3.8) is 0 Å². The Kier molecular flexibility index (Phi) is 32.1. The molecule has 0 spiro atoms. The summed E-state index contributed by atoms with van der Waals surface area (Å²) in [5.41, 5.74) is 0. The van der Waals surface area contributed by atoms with Crippen molar-refractivity contribution < 1.29 is 38.9 Å². The van der Waals surface area contributed by atoms with Crippen LogP contribution in [0.1, 0.15) is 193 Å². The fourth-order valence-corrected chi connectivity index (χ4v) is 5.35. The zero-order valence-electron chi connectivity index (χ0n) is 28.0. The third-order valence-corrected chi connectivity index (χ3v) is 8.11. The van der Waals surface area contributed by atoms with Gasteiger partial charge in [0.25, 0.3) is 0 Å². The van der Waals surface area contributed by atoms with Crippen molar-refractivity contribution in [3.05, 3.63) is 0 Å². The number of rotatable bonds is 35. The Labute approximate surface area is 268 Å². The molecule has 0 rings (SSSR count). The van der Waals surface area contributed by atoms with E-state index in [9.17, 15) is 19.2 Å². The zero-order chi connectivity index (χ0) is 32.4. The largest absolute Gasteiger partial charge is 0.481 e. The number of aliphatic carboxylic acids is 2. The van der Waals surface area contributed by atoms with Crippen molar-refractivity contribution in [2.45, 2.75) is 193 Å². The molecule has 8 nitrogen and oxygen atoms in total. The maximum atomic E-state index is 11.9. The minimum Gasteiger partial charge on any atom is -0.481 e. The van der Waals surface area contributed by atoms with Crippen LogP contribution in [0.25, 0.3) is 0 Å². The molecule has 0 amide bonds. The average molecular weight is 627 g/mol. The lowest BCUT2D eigenvalue weighted by molar-refractivity contribution is -0.144. The second kappa shape index (κ2) is 33.8. The van der Waals surface area contributed by atoms with E-state index in [0.29, 0.717) is 26.1 Å². The maximum absolute atomic E-state index is 11.9. The number of esters is 2. The predicted molar refractivity (Wildman–Crippen MR) is 176 cm³/mol. The summed E-state index contributed by atoms with van der Waals surface area (Å²) < 4.78 is 10.7. The van der Waals surface area contributed by atoms with Gasteiger partial charge in [-0.3, -0.25) is 19.2 Å². The molecule has 8 heteroatoms. The summed E-state index contributed by atoms with van der Waals surface area (Å²) >= 11 is 0. The minimum atomic E-state index is -0.708. The van der Waals surface area contributed by atoms with Crippen LogP contribution >= 0.6 is 0 Å². The molecule has 0 aromatic carbocycles. The van der Waals surface area contributed by atoms with E-state index in [1.807, 2.05) is 0 Å². The second-order valence-corrected chi connectivity index (χ2v) is 12.4. The summed E-state index contributed by atoms with van der Waals surface area (Å²) in [6.07, 6.45) is 29.6. The van der Waals surface area contributed by atoms with Crippen molar-refractivity contribution in [1.82, 2.24) is 0 Å². The van der Waals surface area contributed by atoms with Gasteiger partial charge in [0.15, 0.2) is 0 Å². The molecule has 0 bridgehead atoms. The van der Waals surface area contributed by atoms with Gasteiger partial charge in [-0.25, -0.2) is 0 Å². The first-order chi connectivity index (χ1) is 21.4. The lowest BCUT2D eigenvalue weighted by atomic mass is 10.1. The normalized spacial score (nSPS) is 11.0. The monoisotopic (exact) mass is 626 g/mol. The highest BCUT2D eigenvalue weighted by atomic mass is 16.5. The Hall–Kier alpha value is -2.12. The van der Waals surface area contributed by atoms with Gasteiger partial charge in [0.1, 0.15) is 0 Å². The van der Waals surface area contributed by atoms with Gasteiger partial charge < -0.3 is 19.7 Å². The first kappa shape index (κ1) is 41.9. The van der Waals surface area contributed by atoms with Crippen molar-refractivity contribution >= 4 is 23.9 Å². The highest BCUT2D eigenvalue weighted by Gasteiger charge is 2.04. The minimum absolute atomic E-state index is 0.0700. The summed E-state index contributed by atoms with van der Waals surface area (Å²) in [7, 11) is 0. The first-order valence-corrected chi connectivity index (χ1v) is 18.2. The van der Waals surface area contributed by atoms with E-state index in [1.165, 1.54) is 38.5 Å². The quantitative estimate of drug-likeness (QED) is 0.0525. The van der Waals surface area contributed by atoms with E-state index in [0.717, 1.165) is 128 Å². The Morgan fingerprint density at radius 1 is 0.295 bits per heavy atom. The van der Waals surface area contributed by atoms with Crippen molar-refractivity contribution in [2.75, 3.05) is 13.2 Å². The molecule has 0 saturated carbocycles. The topological polar surface area (TPSA) is 127 Å². The van der Waals surface area contributed by atoms with Crippen LogP contribution < -0.4 is 0 Å². The Balaban J connectivity index is 3.24. The molecule has 0 aliphatic carbocycles. The number of hydrogen-bond donors (Lipinski definition) is 2. The molecule has 0 heterocycles. The average Bonchev–Trinajstić information content (AvgIpc) is 2.98. The van der Waals surface area contributed by atoms with Crippen molar-refractivity contribution in [3.8, 4) is 0 Å². The van der Waals surface area contributed by atoms with Gasteiger partial charge in [-0.05, 0) is 38.5 Å². The van der Waals surface area contributed by atoms with E-state index in [2.05, 4.69) is 0 Å². The molecule has 0 aromatic rings.